The first kappa shape index (κ1) is 19.2. The standard InChI is InChI=1S/C6H10O4.C6H14O2/c7-5(8)3-1-2-4-6(9)10;1-3-4-5-6(2,7)8/h1-4H2,(H,7,8)(H,9,10);7-8H,3-5H2,1-2H3. The fourth-order valence-electron chi connectivity index (χ4n) is 1.06. The molecule has 0 aliphatic carbocycles. The van der Waals surface area contributed by atoms with E-state index in [0.29, 0.717) is 19.3 Å². The quantitative estimate of drug-likeness (QED) is 0.391. The summed E-state index contributed by atoms with van der Waals surface area (Å²) in [5, 5.41) is 33.7. The smallest absolute Gasteiger partial charge is 0.303 e. The molecule has 0 amide bonds. The molecule has 0 aliphatic heterocycles. The molecule has 0 aromatic heterocycles. The minimum atomic E-state index is -1.45. The van der Waals surface area contributed by atoms with Crippen molar-refractivity contribution in [2.75, 3.05) is 0 Å². The lowest BCUT2D eigenvalue weighted by Crippen LogP contribution is -2.22. The SMILES string of the molecule is CCCCC(C)(O)O.O=C(O)CCCCC(=O)O. The van der Waals surface area contributed by atoms with Crippen molar-refractivity contribution in [3.05, 3.63) is 0 Å². The van der Waals surface area contributed by atoms with Gasteiger partial charge in [0, 0.05) is 19.3 Å². The second kappa shape index (κ2) is 11.0. The highest BCUT2D eigenvalue weighted by Crippen LogP contribution is 2.07. The topological polar surface area (TPSA) is 115 Å². The molecule has 0 aliphatic rings. The predicted octanol–water partition coefficient (Wildman–Crippen LogP) is 1.59. The summed E-state index contributed by atoms with van der Waals surface area (Å²) in [4.78, 5) is 19.8. The maximum absolute atomic E-state index is 9.90. The Hall–Kier alpha value is -1.14. The van der Waals surface area contributed by atoms with E-state index in [2.05, 4.69) is 0 Å². The summed E-state index contributed by atoms with van der Waals surface area (Å²) in [6.45, 7) is 3.42. The summed E-state index contributed by atoms with van der Waals surface area (Å²) in [7, 11) is 0. The van der Waals surface area contributed by atoms with Gasteiger partial charge in [-0.05, 0) is 26.2 Å². The van der Waals surface area contributed by atoms with Gasteiger partial charge in [0.25, 0.3) is 0 Å². The fourth-order valence-corrected chi connectivity index (χ4v) is 1.06. The highest BCUT2D eigenvalue weighted by atomic mass is 16.5. The molecule has 4 N–H and O–H groups in total. The Bertz CT molecular complexity index is 215. The Kier molecular flexibility index (Phi) is 11.7. The minimum absolute atomic E-state index is 0.0628. The summed E-state index contributed by atoms with van der Waals surface area (Å²) in [6.07, 6.45) is 3.38. The third-order valence-corrected chi connectivity index (χ3v) is 2.04. The van der Waals surface area contributed by atoms with Gasteiger partial charge in [-0.2, -0.15) is 0 Å². The second-order valence-corrected chi connectivity index (χ2v) is 4.32. The van der Waals surface area contributed by atoms with Crippen molar-refractivity contribution in [1.29, 1.82) is 0 Å². The monoisotopic (exact) mass is 264 g/mol. The summed E-state index contributed by atoms with van der Waals surface area (Å²) in [6, 6.07) is 0. The number of carboxylic acids is 2. The molecule has 0 rings (SSSR count). The molecule has 0 aromatic rings. The molecule has 0 heterocycles. The van der Waals surface area contributed by atoms with Gasteiger partial charge in [0.2, 0.25) is 0 Å². The van der Waals surface area contributed by atoms with E-state index in [9.17, 15) is 9.59 Å². The fraction of sp³-hybridized carbons (Fsp3) is 0.833. The van der Waals surface area contributed by atoms with Crippen LogP contribution in [0.4, 0.5) is 0 Å². The van der Waals surface area contributed by atoms with Crippen LogP contribution >= 0.6 is 0 Å². The first-order chi connectivity index (χ1) is 8.19. The van der Waals surface area contributed by atoms with Crippen LogP contribution in [0, 0.1) is 0 Å². The van der Waals surface area contributed by atoms with E-state index in [0.717, 1.165) is 12.8 Å². The molecule has 6 heteroatoms. The molecule has 0 saturated carbocycles. The zero-order valence-electron chi connectivity index (χ0n) is 11.1. The number of aliphatic hydroxyl groups is 2. The van der Waals surface area contributed by atoms with Crippen molar-refractivity contribution in [1.82, 2.24) is 0 Å². The van der Waals surface area contributed by atoms with Crippen LogP contribution < -0.4 is 0 Å². The average Bonchev–Trinajstić information content (AvgIpc) is 2.21. The Morgan fingerprint density at radius 2 is 1.33 bits per heavy atom. The van der Waals surface area contributed by atoms with Crippen LogP contribution in [0.1, 0.15) is 58.8 Å². The predicted molar refractivity (Wildman–Crippen MR) is 66.1 cm³/mol. The van der Waals surface area contributed by atoms with Gasteiger partial charge in [-0.15, -0.1) is 0 Å². The minimum Gasteiger partial charge on any atom is -0.481 e. The average molecular weight is 264 g/mol. The van der Waals surface area contributed by atoms with Gasteiger partial charge >= 0.3 is 11.9 Å². The summed E-state index contributed by atoms with van der Waals surface area (Å²) in [5.74, 6) is -3.19. The molecule has 0 atom stereocenters. The Balaban J connectivity index is 0. The van der Waals surface area contributed by atoms with E-state index in [1.165, 1.54) is 6.92 Å². The summed E-state index contributed by atoms with van der Waals surface area (Å²) < 4.78 is 0. The van der Waals surface area contributed by atoms with Crippen molar-refractivity contribution in [3.63, 3.8) is 0 Å². The highest BCUT2D eigenvalue weighted by Gasteiger charge is 2.12. The first-order valence-corrected chi connectivity index (χ1v) is 6.07. The van der Waals surface area contributed by atoms with E-state index in [-0.39, 0.29) is 12.8 Å². The van der Waals surface area contributed by atoms with Crippen LogP contribution in [0.3, 0.4) is 0 Å². The molecule has 0 bridgehead atoms. The molecule has 0 spiro atoms. The molecule has 6 nitrogen and oxygen atoms in total. The van der Waals surface area contributed by atoms with Crippen molar-refractivity contribution < 1.29 is 30.0 Å². The molecule has 0 saturated heterocycles. The number of rotatable bonds is 8. The van der Waals surface area contributed by atoms with Gasteiger partial charge < -0.3 is 20.4 Å². The van der Waals surface area contributed by atoms with E-state index in [1.54, 1.807) is 0 Å². The van der Waals surface area contributed by atoms with Gasteiger partial charge in [-0.1, -0.05) is 13.3 Å². The van der Waals surface area contributed by atoms with Crippen molar-refractivity contribution >= 4 is 11.9 Å². The van der Waals surface area contributed by atoms with Crippen LogP contribution in [-0.2, 0) is 9.59 Å². The van der Waals surface area contributed by atoms with E-state index < -0.39 is 17.7 Å². The van der Waals surface area contributed by atoms with E-state index in [1.807, 2.05) is 6.92 Å². The normalized spacial score (nSPS) is 10.4. The van der Waals surface area contributed by atoms with Gasteiger partial charge in [0.15, 0.2) is 5.79 Å². The lowest BCUT2D eigenvalue weighted by molar-refractivity contribution is -0.150. The third-order valence-electron chi connectivity index (χ3n) is 2.04. The van der Waals surface area contributed by atoms with Gasteiger partial charge in [-0.3, -0.25) is 9.59 Å². The third kappa shape index (κ3) is 24.2. The van der Waals surface area contributed by atoms with Crippen LogP contribution in [0.2, 0.25) is 0 Å². The number of carbonyl (C=O) groups is 2. The van der Waals surface area contributed by atoms with Gasteiger partial charge in [-0.25, -0.2) is 0 Å². The molecule has 0 unspecified atom stereocenters. The molecule has 108 valence electrons. The van der Waals surface area contributed by atoms with Crippen LogP contribution in [-0.4, -0.2) is 38.2 Å². The molecular formula is C12H24O6. The van der Waals surface area contributed by atoms with E-state index in [4.69, 9.17) is 20.4 Å². The maximum atomic E-state index is 9.90. The van der Waals surface area contributed by atoms with E-state index >= 15 is 0 Å². The van der Waals surface area contributed by atoms with Crippen molar-refractivity contribution in [3.8, 4) is 0 Å². The number of unbranched alkanes of at least 4 members (excludes halogenated alkanes) is 2. The molecular weight excluding hydrogens is 240 g/mol. The summed E-state index contributed by atoms with van der Waals surface area (Å²) >= 11 is 0. The molecule has 0 fully saturated rings. The van der Waals surface area contributed by atoms with Gasteiger partial charge in [0.05, 0.1) is 0 Å². The zero-order chi connectivity index (χ0) is 14.6. The number of hydrogen-bond donors (Lipinski definition) is 4. The lowest BCUT2D eigenvalue weighted by atomic mass is 10.1. The maximum Gasteiger partial charge on any atom is 0.303 e. The molecule has 0 aromatic carbocycles. The number of carboxylic acid groups (broad SMARTS) is 2. The largest absolute Gasteiger partial charge is 0.481 e. The molecule has 18 heavy (non-hydrogen) atoms. The van der Waals surface area contributed by atoms with Crippen LogP contribution in [0.15, 0.2) is 0 Å². The second-order valence-electron chi connectivity index (χ2n) is 4.32. The van der Waals surface area contributed by atoms with Crippen molar-refractivity contribution in [2.45, 2.75) is 64.6 Å². The zero-order valence-corrected chi connectivity index (χ0v) is 11.1. The van der Waals surface area contributed by atoms with Crippen molar-refractivity contribution in [2.24, 2.45) is 0 Å². The van der Waals surface area contributed by atoms with Crippen LogP contribution in [0.5, 0.6) is 0 Å². The first-order valence-electron chi connectivity index (χ1n) is 6.07. The lowest BCUT2D eigenvalue weighted by Gasteiger charge is -2.13. The Morgan fingerprint density at radius 1 is 0.944 bits per heavy atom. The number of hydrogen-bond acceptors (Lipinski definition) is 4. The summed E-state index contributed by atoms with van der Waals surface area (Å²) in [5.41, 5.74) is 0. The van der Waals surface area contributed by atoms with Gasteiger partial charge in [0.1, 0.15) is 0 Å². The Labute approximate surface area is 107 Å². The van der Waals surface area contributed by atoms with Crippen LogP contribution in [0.25, 0.3) is 0 Å². The highest BCUT2D eigenvalue weighted by molar-refractivity contribution is 5.67. The Morgan fingerprint density at radius 3 is 1.50 bits per heavy atom. The number of aliphatic carboxylic acids is 2. The molecule has 0 radical (unpaired) electrons.